The third kappa shape index (κ3) is 2.54. The highest BCUT2D eigenvalue weighted by atomic mass is 16.5. The van der Waals surface area contributed by atoms with Crippen LogP contribution in [0.25, 0.3) is 5.57 Å². The number of benzene rings is 1. The molecule has 23 heavy (non-hydrogen) atoms. The normalized spacial score (nSPS) is 28.7. The van der Waals surface area contributed by atoms with E-state index in [1.807, 2.05) is 36.4 Å². The van der Waals surface area contributed by atoms with E-state index in [0.717, 1.165) is 11.1 Å². The van der Waals surface area contributed by atoms with Crippen molar-refractivity contribution in [1.82, 2.24) is 0 Å². The Hall–Kier alpha value is -2.16. The summed E-state index contributed by atoms with van der Waals surface area (Å²) in [6.07, 6.45) is 4.34. The van der Waals surface area contributed by atoms with Gasteiger partial charge in [0.2, 0.25) is 0 Å². The van der Waals surface area contributed by atoms with Gasteiger partial charge in [0.1, 0.15) is 5.76 Å². The minimum atomic E-state index is -0.453. The van der Waals surface area contributed by atoms with Crippen LogP contribution in [0.1, 0.15) is 39.7 Å². The van der Waals surface area contributed by atoms with Gasteiger partial charge in [-0.25, -0.2) is 0 Å². The number of carbonyl (C=O) groups is 2. The maximum Gasteiger partial charge on any atom is 0.307 e. The van der Waals surface area contributed by atoms with E-state index >= 15 is 0 Å². The number of hydrogen-bond acceptors (Lipinski definition) is 3. The van der Waals surface area contributed by atoms with Crippen LogP contribution >= 0.6 is 0 Å². The highest BCUT2D eigenvalue weighted by Gasteiger charge is 2.55. The largest absolute Gasteiger partial charge is 0.432 e. The molecule has 0 aromatic heterocycles. The number of ether oxygens (including phenoxy) is 1. The molecular formula is C20H22O3. The van der Waals surface area contributed by atoms with Gasteiger partial charge >= 0.3 is 5.97 Å². The molecule has 0 unspecified atom stereocenters. The molecule has 3 rings (SSSR count). The summed E-state index contributed by atoms with van der Waals surface area (Å²) in [4.78, 5) is 24.1. The van der Waals surface area contributed by atoms with Crippen LogP contribution in [0, 0.1) is 16.7 Å². The van der Waals surface area contributed by atoms with Crippen LogP contribution in [0.5, 0.6) is 0 Å². The Bertz CT molecular complexity index is 725. The first-order valence-electron chi connectivity index (χ1n) is 7.96. The number of ketones is 1. The summed E-state index contributed by atoms with van der Waals surface area (Å²) in [5, 5.41) is 0. The SMILES string of the molecule is CC(=O)OC1=C[C@]2(C)C(c3ccccc3)=CC(=O)[C@@H]2C(C)(C)C1. The minimum absolute atomic E-state index is 0.135. The quantitative estimate of drug-likeness (QED) is 0.771. The molecule has 0 bridgehead atoms. The fourth-order valence-electron chi connectivity index (χ4n) is 4.39. The molecule has 0 saturated heterocycles. The van der Waals surface area contributed by atoms with E-state index in [4.69, 9.17) is 4.74 Å². The molecule has 0 spiro atoms. The van der Waals surface area contributed by atoms with Gasteiger partial charge in [0.15, 0.2) is 5.78 Å². The minimum Gasteiger partial charge on any atom is -0.432 e. The summed E-state index contributed by atoms with van der Waals surface area (Å²) in [7, 11) is 0. The molecule has 3 nitrogen and oxygen atoms in total. The van der Waals surface area contributed by atoms with E-state index in [1.54, 1.807) is 6.08 Å². The maximum absolute atomic E-state index is 12.7. The Labute approximate surface area is 137 Å². The van der Waals surface area contributed by atoms with Crippen molar-refractivity contribution in [3.8, 4) is 0 Å². The molecule has 2 aliphatic carbocycles. The fourth-order valence-corrected chi connectivity index (χ4v) is 4.39. The lowest BCUT2D eigenvalue weighted by Crippen LogP contribution is -2.42. The molecule has 1 aromatic rings. The van der Waals surface area contributed by atoms with Gasteiger partial charge in [-0.1, -0.05) is 51.1 Å². The van der Waals surface area contributed by atoms with Gasteiger partial charge in [-0.15, -0.1) is 0 Å². The third-order valence-corrected chi connectivity index (χ3v) is 4.98. The van der Waals surface area contributed by atoms with Crippen LogP contribution < -0.4 is 0 Å². The summed E-state index contributed by atoms with van der Waals surface area (Å²) in [6, 6.07) is 9.96. The third-order valence-electron chi connectivity index (χ3n) is 4.98. The molecule has 0 N–H and O–H groups in total. The Morgan fingerprint density at radius 3 is 2.43 bits per heavy atom. The smallest absolute Gasteiger partial charge is 0.307 e. The van der Waals surface area contributed by atoms with Crippen LogP contribution in [-0.2, 0) is 14.3 Å². The molecular weight excluding hydrogens is 288 g/mol. The van der Waals surface area contributed by atoms with E-state index < -0.39 is 5.41 Å². The highest BCUT2D eigenvalue weighted by Crippen LogP contribution is 2.59. The van der Waals surface area contributed by atoms with Crippen molar-refractivity contribution in [2.75, 3.05) is 0 Å². The van der Waals surface area contributed by atoms with Crippen LogP contribution in [0.15, 0.2) is 48.2 Å². The summed E-state index contributed by atoms with van der Waals surface area (Å²) >= 11 is 0. The van der Waals surface area contributed by atoms with E-state index in [2.05, 4.69) is 20.8 Å². The van der Waals surface area contributed by atoms with E-state index in [9.17, 15) is 9.59 Å². The summed E-state index contributed by atoms with van der Waals surface area (Å²) in [6.45, 7) is 7.64. The van der Waals surface area contributed by atoms with Gasteiger partial charge in [-0.2, -0.15) is 0 Å². The zero-order valence-corrected chi connectivity index (χ0v) is 14.1. The number of fused-ring (bicyclic) bond motifs is 1. The van der Waals surface area contributed by atoms with Crippen LogP contribution in [0.2, 0.25) is 0 Å². The van der Waals surface area contributed by atoms with E-state index in [-0.39, 0.29) is 23.1 Å². The van der Waals surface area contributed by atoms with Crippen molar-refractivity contribution in [3.05, 3.63) is 53.8 Å². The number of allylic oxidation sites excluding steroid dienone is 4. The number of esters is 1. The average molecular weight is 310 g/mol. The summed E-state index contributed by atoms with van der Waals surface area (Å²) in [5.74, 6) is 0.375. The molecule has 0 aliphatic heterocycles. The van der Waals surface area contributed by atoms with Gasteiger partial charge in [0.05, 0.1) is 0 Å². The van der Waals surface area contributed by atoms with Gasteiger partial charge in [-0.3, -0.25) is 9.59 Å². The second-order valence-electron chi connectivity index (χ2n) is 7.41. The number of carbonyl (C=O) groups excluding carboxylic acids is 2. The van der Waals surface area contributed by atoms with Crippen molar-refractivity contribution in [2.24, 2.45) is 16.7 Å². The van der Waals surface area contributed by atoms with Crippen molar-refractivity contribution < 1.29 is 14.3 Å². The molecule has 120 valence electrons. The monoisotopic (exact) mass is 310 g/mol. The number of rotatable bonds is 2. The lowest BCUT2D eigenvalue weighted by Gasteiger charge is -2.45. The van der Waals surface area contributed by atoms with Crippen LogP contribution in [0.4, 0.5) is 0 Å². The zero-order chi connectivity index (χ0) is 16.8. The van der Waals surface area contributed by atoms with Gasteiger partial charge in [-0.05, 0) is 28.7 Å². The first kappa shape index (κ1) is 15.7. The standard InChI is InChI=1S/C20H22O3/c1-13(21)23-15-11-19(2,3)18-17(22)10-16(20(18,4)12-15)14-8-6-5-7-9-14/h5-10,12,18H,11H2,1-4H3/t18-,20-/m1/s1. The molecule has 0 fully saturated rings. The second kappa shape index (κ2) is 5.19. The Morgan fingerprint density at radius 1 is 1.17 bits per heavy atom. The van der Waals surface area contributed by atoms with Crippen molar-refractivity contribution in [1.29, 1.82) is 0 Å². The maximum atomic E-state index is 12.7. The van der Waals surface area contributed by atoms with Crippen LogP contribution in [0.3, 0.4) is 0 Å². The first-order chi connectivity index (χ1) is 10.7. The van der Waals surface area contributed by atoms with Crippen molar-refractivity contribution >= 4 is 17.3 Å². The molecule has 3 heteroatoms. The zero-order valence-electron chi connectivity index (χ0n) is 14.1. The lowest BCUT2D eigenvalue weighted by molar-refractivity contribution is -0.138. The van der Waals surface area contributed by atoms with E-state index in [0.29, 0.717) is 12.2 Å². The Morgan fingerprint density at radius 2 is 1.83 bits per heavy atom. The Balaban J connectivity index is 2.13. The van der Waals surface area contributed by atoms with Gasteiger partial charge in [0.25, 0.3) is 0 Å². The second-order valence-corrected chi connectivity index (χ2v) is 7.41. The van der Waals surface area contributed by atoms with Crippen molar-refractivity contribution in [2.45, 2.75) is 34.1 Å². The molecule has 1 aromatic carbocycles. The van der Waals surface area contributed by atoms with Crippen LogP contribution in [-0.4, -0.2) is 11.8 Å². The van der Waals surface area contributed by atoms with Crippen molar-refractivity contribution in [3.63, 3.8) is 0 Å². The molecule has 0 heterocycles. The molecule has 0 saturated carbocycles. The average Bonchev–Trinajstić information content (AvgIpc) is 2.70. The topological polar surface area (TPSA) is 43.4 Å². The van der Waals surface area contributed by atoms with Gasteiger partial charge < -0.3 is 4.74 Å². The van der Waals surface area contributed by atoms with E-state index in [1.165, 1.54) is 6.92 Å². The predicted molar refractivity (Wildman–Crippen MR) is 89.3 cm³/mol. The summed E-state index contributed by atoms with van der Waals surface area (Å²) in [5.41, 5.74) is 1.33. The number of hydrogen-bond donors (Lipinski definition) is 0. The molecule has 0 amide bonds. The lowest BCUT2D eigenvalue weighted by atomic mass is 9.58. The highest BCUT2D eigenvalue weighted by molar-refractivity contribution is 6.07. The van der Waals surface area contributed by atoms with Gasteiger partial charge in [0, 0.05) is 24.7 Å². The molecule has 2 aliphatic rings. The fraction of sp³-hybridized carbons (Fsp3) is 0.400. The first-order valence-corrected chi connectivity index (χ1v) is 7.96. The molecule has 2 atom stereocenters. The Kier molecular flexibility index (Phi) is 3.55. The summed E-state index contributed by atoms with van der Waals surface area (Å²) < 4.78 is 5.40. The molecule has 0 radical (unpaired) electrons. The predicted octanol–water partition coefficient (Wildman–Crippen LogP) is 4.15.